The summed E-state index contributed by atoms with van der Waals surface area (Å²) >= 11 is 1.49. The van der Waals surface area contributed by atoms with E-state index >= 15 is 0 Å². The van der Waals surface area contributed by atoms with Crippen molar-refractivity contribution in [1.82, 2.24) is 20.1 Å². The van der Waals surface area contributed by atoms with Crippen LogP contribution in [0, 0.1) is 6.92 Å². The van der Waals surface area contributed by atoms with Gasteiger partial charge in [-0.2, -0.15) is 0 Å². The van der Waals surface area contributed by atoms with E-state index in [-0.39, 0.29) is 11.2 Å². The van der Waals surface area contributed by atoms with E-state index in [9.17, 15) is 4.79 Å². The first-order chi connectivity index (χ1) is 13.1. The maximum atomic E-state index is 12.5. The average molecular weight is 389 g/mol. The van der Waals surface area contributed by atoms with Gasteiger partial charge in [-0.3, -0.25) is 4.79 Å². The number of amides is 1. The van der Waals surface area contributed by atoms with Crippen LogP contribution in [0.5, 0.6) is 5.75 Å². The summed E-state index contributed by atoms with van der Waals surface area (Å²) in [6, 6.07) is 8.18. The highest BCUT2D eigenvalue weighted by molar-refractivity contribution is 8.00. The molecule has 1 aliphatic rings. The van der Waals surface area contributed by atoms with Gasteiger partial charge >= 0.3 is 0 Å². The summed E-state index contributed by atoms with van der Waals surface area (Å²) in [6.45, 7) is 4.42. The lowest BCUT2D eigenvalue weighted by molar-refractivity contribution is -0.120. The Labute approximate surface area is 165 Å². The Morgan fingerprint density at radius 1 is 1.26 bits per heavy atom. The molecule has 1 aromatic heterocycles. The fraction of sp³-hybridized carbons (Fsp3) is 0.550. The maximum Gasteiger partial charge on any atom is 0.233 e. The summed E-state index contributed by atoms with van der Waals surface area (Å²) < 4.78 is 7.39. The van der Waals surface area contributed by atoms with Crippen LogP contribution in [0.4, 0.5) is 0 Å². The SMILES string of the molecule is COc1ccc(CNC(=O)[C@H](C)Sc2nnc(C)n2C2CCCCC2)cc1. The average Bonchev–Trinajstić information content (AvgIpc) is 3.07. The highest BCUT2D eigenvalue weighted by atomic mass is 32.2. The molecule has 0 aliphatic heterocycles. The minimum Gasteiger partial charge on any atom is -0.497 e. The lowest BCUT2D eigenvalue weighted by atomic mass is 9.95. The van der Waals surface area contributed by atoms with E-state index in [2.05, 4.69) is 20.1 Å². The van der Waals surface area contributed by atoms with Crippen LogP contribution in [0.15, 0.2) is 29.4 Å². The Balaban J connectivity index is 1.57. The van der Waals surface area contributed by atoms with E-state index in [0.717, 1.165) is 22.3 Å². The largest absolute Gasteiger partial charge is 0.497 e. The fourth-order valence-electron chi connectivity index (χ4n) is 3.48. The molecule has 1 aliphatic carbocycles. The molecule has 146 valence electrons. The molecule has 3 rings (SSSR count). The molecule has 6 nitrogen and oxygen atoms in total. The molecule has 0 saturated heterocycles. The molecular weight excluding hydrogens is 360 g/mol. The van der Waals surface area contributed by atoms with Gasteiger partial charge in [-0.25, -0.2) is 0 Å². The van der Waals surface area contributed by atoms with Gasteiger partial charge in [-0.05, 0) is 44.4 Å². The van der Waals surface area contributed by atoms with Crippen molar-refractivity contribution in [2.45, 2.75) is 68.9 Å². The van der Waals surface area contributed by atoms with Crippen LogP contribution >= 0.6 is 11.8 Å². The first-order valence-corrected chi connectivity index (χ1v) is 10.4. The molecule has 1 heterocycles. The topological polar surface area (TPSA) is 69.0 Å². The van der Waals surface area contributed by atoms with Gasteiger partial charge in [-0.15, -0.1) is 10.2 Å². The Morgan fingerprint density at radius 2 is 1.96 bits per heavy atom. The Morgan fingerprint density at radius 3 is 2.63 bits per heavy atom. The summed E-state index contributed by atoms with van der Waals surface area (Å²) in [5.74, 6) is 1.76. The van der Waals surface area contributed by atoms with Crippen LogP contribution in [0.25, 0.3) is 0 Å². The zero-order valence-corrected chi connectivity index (χ0v) is 17.1. The molecule has 7 heteroatoms. The van der Waals surface area contributed by atoms with E-state index in [1.54, 1.807) is 7.11 Å². The first-order valence-electron chi connectivity index (χ1n) is 9.57. The highest BCUT2D eigenvalue weighted by Crippen LogP contribution is 2.33. The smallest absolute Gasteiger partial charge is 0.233 e. The van der Waals surface area contributed by atoms with E-state index in [1.807, 2.05) is 38.1 Å². The zero-order chi connectivity index (χ0) is 19.2. The molecule has 1 N–H and O–H groups in total. The lowest BCUT2D eigenvalue weighted by Gasteiger charge is -2.25. The third-order valence-corrected chi connectivity index (χ3v) is 6.11. The quantitative estimate of drug-likeness (QED) is 0.729. The number of aryl methyl sites for hydroxylation is 1. The molecule has 1 amide bonds. The second-order valence-electron chi connectivity index (χ2n) is 7.02. The minimum absolute atomic E-state index is 0.00617. The first kappa shape index (κ1) is 19.7. The number of nitrogens with one attached hydrogen (secondary N) is 1. The van der Waals surface area contributed by atoms with Crippen molar-refractivity contribution in [3.63, 3.8) is 0 Å². The molecule has 1 atom stereocenters. The third kappa shape index (κ3) is 5.03. The second-order valence-corrected chi connectivity index (χ2v) is 8.33. The predicted molar refractivity (Wildman–Crippen MR) is 107 cm³/mol. The number of hydrogen-bond donors (Lipinski definition) is 1. The van der Waals surface area contributed by atoms with Gasteiger partial charge < -0.3 is 14.6 Å². The van der Waals surface area contributed by atoms with Crippen molar-refractivity contribution in [1.29, 1.82) is 0 Å². The second kappa shape index (κ2) is 9.26. The zero-order valence-electron chi connectivity index (χ0n) is 16.3. The number of carbonyl (C=O) groups excluding carboxylic acids is 1. The molecule has 0 bridgehead atoms. The Bertz CT molecular complexity index is 754. The number of carbonyl (C=O) groups is 1. The monoisotopic (exact) mass is 388 g/mol. The van der Waals surface area contributed by atoms with Gasteiger partial charge in [-0.1, -0.05) is 43.2 Å². The van der Waals surface area contributed by atoms with Gasteiger partial charge in [0.15, 0.2) is 5.16 Å². The van der Waals surface area contributed by atoms with Crippen LogP contribution < -0.4 is 10.1 Å². The van der Waals surface area contributed by atoms with Crippen molar-refractivity contribution in [2.75, 3.05) is 7.11 Å². The van der Waals surface area contributed by atoms with Gasteiger partial charge in [0.2, 0.25) is 5.91 Å². The highest BCUT2D eigenvalue weighted by Gasteiger charge is 2.24. The standard InChI is InChI=1S/C20H28N4O2S/c1-14(19(25)21-13-16-9-11-18(26-3)12-10-16)27-20-23-22-15(2)24(20)17-7-5-4-6-8-17/h9-12,14,17H,4-8,13H2,1-3H3,(H,21,25)/t14-/m0/s1. The van der Waals surface area contributed by atoms with Gasteiger partial charge in [0.1, 0.15) is 11.6 Å². The number of benzene rings is 1. The molecule has 1 saturated carbocycles. The van der Waals surface area contributed by atoms with Crippen molar-refractivity contribution < 1.29 is 9.53 Å². The van der Waals surface area contributed by atoms with Crippen LogP contribution in [0.1, 0.15) is 56.5 Å². The third-order valence-electron chi connectivity index (χ3n) is 5.05. The van der Waals surface area contributed by atoms with E-state index in [1.165, 1.54) is 43.9 Å². The molecule has 1 fully saturated rings. The fourth-order valence-corrected chi connectivity index (χ4v) is 4.47. The van der Waals surface area contributed by atoms with Gasteiger partial charge in [0, 0.05) is 12.6 Å². The summed E-state index contributed by atoms with van der Waals surface area (Å²) in [5.41, 5.74) is 1.04. The van der Waals surface area contributed by atoms with Crippen LogP contribution in [0.3, 0.4) is 0 Å². The molecule has 1 aromatic carbocycles. The maximum absolute atomic E-state index is 12.5. The van der Waals surface area contributed by atoms with Crippen LogP contribution in [0.2, 0.25) is 0 Å². The van der Waals surface area contributed by atoms with E-state index in [4.69, 9.17) is 4.74 Å². The van der Waals surface area contributed by atoms with Gasteiger partial charge in [0.25, 0.3) is 0 Å². The minimum atomic E-state index is -0.228. The van der Waals surface area contributed by atoms with Crippen LogP contribution in [-0.4, -0.2) is 33.0 Å². The van der Waals surface area contributed by atoms with Crippen molar-refractivity contribution in [3.05, 3.63) is 35.7 Å². The predicted octanol–water partition coefficient (Wildman–Crippen LogP) is 3.90. The summed E-state index contributed by atoms with van der Waals surface area (Å²) in [4.78, 5) is 12.5. The summed E-state index contributed by atoms with van der Waals surface area (Å²) in [7, 11) is 1.64. The van der Waals surface area contributed by atoms with Crippen molar-refractivity contribution >= 4 is 17.7 Å². The Hall–Kier alpha value is -2.02. The number of aromatic nitrogens is 3. The van der Waals surface area contributed by atoms with E-state index < -0.39 is 0 Å². The molecule has 0 spiro atoms. The number of ether oxygens (including phenoxy) is 1. The molecule has 0 radical (unpaired) electrons. The van der Waals surface area contributed by atoms with E-state index in [0.29, 0.717) is 12.6 Å². The number of thioether (sulfide) groups is 1. The number of nitrogens with zero attached hydrogens (tertiary/aromatic N) is 3. The number of methoxy groups -OCH3 is 1. The Kier molecular flexibility index (Phi) is 6.77. The molecule has 2 aromatic rings. The molecular formula is C20H28N4O2S. The summed E-state index contributed by atoms with van der Waals surface area (Å²) in [5, 5.41) is 12.2. The molecule has 27 heavy (non-hydrogen) atoms. The number of rotatable bonds is 7. The van der Waals surface area contributed by atoms with Crippen molar-refractivity contribution in [3.8, 4) is 5.75 Å². The lowest BCUT2D eigenvalue weighted by Crippen LogP contribution is -2.30. The van der Waals surface area contributed by atoms with Crippen LogP contribution in [-0.2, 0) is 11.3 Å². The number of hydrogen-bond acceptors (Lipinski definition) is 5. The van der Waals surface area contributed by atoms with Crippen molar-refractivity contribution in [2.24, 2.45) is 0 Å². The van der Waals surface area contributed by atoms with Gasteiger partial charge in [0.05, 0.1) is 12.4 Å². The summed E-state index contributed by atoms with van der Waals surface area (Å²) in [6.07, 6.45) is 6.16. The molecule has 0 unspecified atom stereocenters. The normalized spacial score (nSPS) is 16.1.